The summed E-state index contributed by atoms with van der Waals surface area (Å²) in [5.74, 6) is -0.699. The van der Waals surface area contributed by atoms with Crippen LogP contribution >= 0.6 is 45.9 Å². The first-order chi connectivity index (χ1) is 17.2. The number of thiophene rings is 2. The predicted octanol–water partition coefficient (Wildman–Crippen LogP) is 5.07. The molecule has 2 aliphatic carbocycles. The molecule has 1 N–H and O–H groups in total. The van der Waals surface area contributed by atoms with Crippen molar-refractivity contribution in [1.82, 2.24) is 24.8 Å². The molecule has 2 aliphatic rings. The van der Waals surface area contributed by atoms with Gasteiger partial charge in [-0.2, -0.15) is 0 Å². The molecule has 0 aromatic carbocycles. The molecule has 0 saturated carbocycles. The van der Waals surface area contributed by atoms with Gasteiger partial charge in [0.15, 0.2) is 0 Å². The number of hydrogen-bond acceptors (Lipinski definition) is 8. The topological polar surface area (TPSA) is 109 Å². The van der Waals surface area contributed by atoms with Crippen molar-refractivity contribution >= 4 is 78.2 Å². The van der Waals surface area contributed by atoms with Gasteiger partial charge < -0.3 is 10.0 Å². The molecule has 2 atom stereocenters. The van der Waals surface area contributed by atoms with E-state index < -0.39 is 5.97 Å². The molecule has 4 heterocycles. The molecule has 0 bridgehead atoms. The molecular weight excluding hydrogens is 541 g/mol. The van der Waals surface area contributed by atoms with Crippen LogP contribution in [-0.4, -0.2) is 55.9 Å². The van der Waals surface area contributed by atoms with Gasteiger partial charge in [0, 0.05) is 29.8 Å². The Bertz CT molecular complexity index is 1490. The van der Waals surface area contributed by atoms with Crippen LogP contribution < -0.4 is 0 Å². The summed E-state index contributed by atoms with van der Waals surface area (Å²) < 4.78 is 0. The third-order valence-electron chi connectivity index (χ3n) is 6.74. The second kappa shape index (κ2) is 10.2. The van der Waals surface area contributed by atoms with Gasteiger partial charge >= 0.3 is 5.97 Å². The average molecular weight is 565 g/mol. The van der Waals surface area contributed by atoms with E-state index in [1.165, 1.54) is 34.4 Å². The number of carbonyl (C=O) groups is 2. The summed E-state index contributed by atoms with van der Waals surface area (Å²) in [6.07, 6.45) is 7.49. The second-order valence-corrected chi connectivity index (χ2v) is 12.0. The third kappa shape index (κ3) is 4.67. The molecule has 2 unspecified atom stereocenters. The van der Waals surface area contributed by atoms with Crippen LogP contribution in [0, 0.1) is 11.8 Å². The van der Waals surface area contributed by atoms with Crippen molar-refractivity contribution in [3.63, 3.8) is 0 Å². The number of rotatable bonds is 2. The Labute approximate surface area is 225 Å². The van der Waals surface area contributed by atoms with Crippen LogP contribution in [0.1, 0.15) is 33.7 Å². The lowest BCUT2D eigenvalue weighted by Gasteiger charge is -2.24. The molecule has 4 aromatic heterocycles. The maximum absolute atomic E-state index is 12.1. The fourth-order valence-electron chi connectivity index (χ4n) is 4.93. The molecule has 36 heavy (non-hydrogen) atoms. The number of nitrogens with zero attached hydrogens (tertiary/aromatic N) is 5. The second-order valence-electron chi connectivity index (χ2n) is 9.15. The van der Waals surface area contributed by atoms with Crippen molar-refractivity contribution in [2.45, 2.75) is 38.5 Å². The Balaban J connectivity index is 0.000000149. The summed E-state index contributed by atoms with van der Waals surface area (Å²) in [6.45, 7) is 0. The summed E-state index contributed by atoms with van der Waals surface area (Å²) in [5.41, 5.74) is 2.39. The van der Waals surface area contributed by atoms with E-state index in [0.29, 0.717) is 23.1 Å². The number of amides is 1. The lowest BCUT2D eigenvalue weighted by atomic mass is 9.87. The van der Waals surface area contributed by atoms with Crippen molar-refractivity contribution in [3.8, 4) is 0 Å². The van der Waals surface area contributed by atoms with E-state index in [-0.39, 0.29) is 17.7 Å². The monoisotopic (exact) mass is 563 g/mol. The van der Waals surface area contributed by atoms with E-state index in [1.807, 2.05) is 14.1 Å². The first-order valence-electron chi connectivity index (χ1n) is 11.5. The minimum Gasteiger partial charge on any atom is -0.481 e. The van der Waals surface area contributed by atoms with Crippen LogP contribution in [0.5, 0.6) is 0 Å². The van der Waals surface area contributed by atoms with E-state index in [4.69, 9.17) is 28.3 Å². The summed E-state index contributed by atoms with van der Waals surface area (Å²) >= 11 is 15.4. The molecule has 0 spiro atoms. The number of aryl methyl sites for hydroxylation is 2. The highest BCUT2D eigenvalue weighted by Gasteiger charge is 2.30. The van der Waals surface area contributed by atoms with Crippen LogP contribution in [0.2, 0.25) is 10.3 Å². The largest absolute Gasteiger partial charge is 0.481 e. The minimum absolute atomic E-state index is 0.0855. The third-order valence-corrected chi connectivity index (χ3v) is 9.64. The van der Waals surface area contributed by atoms with Gasteiger partial charge in [0.05, 0.1) is 16.7 Å². The lowest BCUT2D eigenvalue weighted by molar-refractivity contribution is -0.142. The lowest BCUT2D eigenvalue weighted by Crippen LogP contribution is -2.32. The van der Waals surface area contributed by atoms with Gasteiger partial charge in [-0.3, -0.25) is 9.59 Å². The number of hydrogen-bond donors (Lipinski definition) is 1. The molecule has 0 fully saturated rings. The van der Waals surface area contributed by atoms with Crippen LogP contribution in [-0.2, 0) is 35.3 Å². The van der Waals surface area contributed by atoms with E-state index in [0.717, 1.165) is 56.6 Å². The molecule has 0 aliphatic heterocycles. The normalized spacial score (nSPS) is 18.8. The van der Waals surface area contributed by atoms with Crippen molar-refractivity contribution in [2.24, 2.45) is 11.8 Å². The van der Waals surface area contributed by atoms with E-state index in [9.17, 15) is 9.59 Å². The highest BCUT2D eigenvalue weighted by Crippen LogP contribution is 2.40. The summed E-state index contributed by atoms with van der Waals surface area (Å²) in [5, 5.41) is 11.9. The van der Waals surface area contributed by atoms with Gasteiger partial charge in [0.1, 0.15) is 32.6 Å². The molecule has 4 aromatic rings. The number of carbonyl (C=O) groups excluding carboxylic acids is 1. The zero-order chi connectivity index (χ0) is 25.6. The number of fused-ring (bicyclic) bond motifs is 6. The fourth-order valence-corrected chi connectivity index (χ4v) is 8.07. The van der Waals surface area contributed by atoms with Gasteiger partial charge in [-0.05, 0) is 49.7 Å². The maximum atomic E-state index is 12.1. The molecule has 6 rings (SSSR count). The van der Waals surface area contributed by atoms with Crippen LogP contribution in [0.3, 0.4) is 0 Å². The highest BCUT2D eigenvalue weighted by atomic mass is 35.5. The maximum Gasteiger partial charge on any atom is 0.306 e. The standard InChI is InChI=1S/C13H14ClN3OS.C11H9ClN2O2S/c1-17(2)13(18)7-3-4-8-9(5-7)19-12-10(8)11(14)15-6-16-12;12-9-8-6-2-1-5(11(15)16)3-7(6)17-10(8)14-4-13-9/h6-7H,3-5H2,1-2H3;4-5H,1-3H2,(H,15,16). The van der Waals surface area contributed by atoms with Crippen LogP contribution in [0.15, 0.2) is 12.7 Å². The Hall–Kier alpha value is -2.40. The van der Waals surface area contributed by atoms with Gasteiger partial charge in [-0.1, -0.05) is 23.2 Å². The van der Waals surface area contributed by atoms with Gasteiger partial charge in [-0.25, -0.2) is 19.9 Å². The molecular formula is C24H23Cl2N5O3S2. The summed E-state index contributed by atoms with van der Waals surface area (Å²) in [4.78, 5) is 45.4. The molecule has 1 amide bonds. The first-order valence-corrected chi connectivity index (χ1v) is 13.9. The van der Waals surface area contributed by atoms with E-state index >= 15 is 0 Å². The van der Waals surface area contributed by atoms with Crippen molar-refractivity contribution < 1.29 is 14.7 Å². The number of aromatic nitrogens is 4. The Kier molecular flexibility index (Phi) is 7.13. The molecule has 0 saturated heterocycles. The predicted molar refractivity (Wildman–Crippen MR) is 142 cm³/mol. The Morgan fingerprint density at radius 3 is 1.81 bits per heavy atom. The number of carboxylic acid groups (broad SMARTS) is 1. The van der Waals surface area contributed by atoms with Crippen molar-refractivity contribution in [3.05, 3.63) is 43.8 Å². The zero-order valence-electron chi connectivity index (χ0n) is 19.6. The number of aliphatic carboxylic acids is 1. The molecule has 0 radical (unpaired) electrons. The van der Waals surface area contributed by atoms with E-state index in [2.05, 4.69) is 19.9 Å². The highest BCUT2D eigenvalue weighted by molar-refractivity contribution is 7.19. The van der Waals surface area contributed by atoms with Gasteiger partial charge in [-0.15, -0.1) is 22.7 Å². The van der Waals surface area contributed by atoms with Gasteiger partial charge in [0.2, 0.25) is 5.91 Å². The van der Waals surface area contributed by atoms with Crippen LogP contribution in [0.25, 0.3) is 20.4 Å². The number of carboxylic acids is 1. The van der Waals surface area contributed by atoms with Gasteiger partial charge in [0.25, 0.3) is 0 Å². The summed E-state index contributed by atoms with van der Waals surface area (Å²) in [7, 11) is 3.62. The summed E-state index contributed by atoms with van der Waals surface area (Å²) in [6, 6.07) is 0. The van der Waals surface area contributed by atoms with Crippen molar-refractivity contribution in [2.75, 3.05) is 14.1 Å². The van der Waals surface area contributed by atoms with Crippen molar-refractivity contribution in [1.29, 1.82) is 0 Å². The fraction of sp³-hybridized carbons (Fsp3) is 0.417. The first kappa shape index (κ1) is 25.3. The Morgan fingerprint density at radius 2 is 1.33 bits per heavy atom. The quantitative estimate of drug-likeness (QED) is 0.339. The molecule has 188 valence electrons. The molecule has 12 heteroatoms. The Morgan fingerprint density at radius 1 is 0.861 bits per heavy atom. The van der Waals surface area contributed by atoms with Crippen LogP contribution in [0.4, 0.5) is 0 Å². The number of halogens is 2. The SMILES string of the molecule is CN(C)C(=O)C1CCc2c(sc3ncnc(Cl)c23)C1.O=C(O)C1CCc2c(sc3ncnc(Cl)c23)C1. The smallest absolute Gasteiger partial charge is 0.306 e. The van der Waals surface area contributed by atoms with E-state index in [1.54, 1.807) is 16.2 Å². The average Bonchev–Trinajstić information content (AvgIpc) is 3.42. The zero-order valence-corrected chi connectivity index (χ0v) is 22.8. The minimum atomic E-state index is -0.717. The molecule has 8 nitrogen and oxygen atoms in total.